The number of para-hydroxylation sites is 2. The minimum absolute atomic E-state index is 0.0282. The fourth-order valence-corrected chi connectivity index (χ4v) is 4.26. The fourth-order valence-electron chi connectivity index (χ4n) is 2.89. The number of nitrogens with one attached hydrogen (secondary N) is 2. The van der Waals surface area contributed by atoms with Crippen LogP contribution >= 0.6 is 23.1 Å². The lowest BCUT2D eigenvalue weighted by atomic mass is 10.1. The van der Waals surface area contributed by atoms with Gasteiger partial charge in [-0.1, -0.05) is 24.3 Å². The molecule has 0 aliphatic rings. The summed E-state index contributed by atoms with van der Waals surface area (Å²) in [6.45, 7) is 4.04. The van der Waals surface area contributed by atoms with Gasteiger partial charge in [-0.2, -0.15) is 0 Å². The molecule has 1 unspecified atom stereocenters. The monoisotopic (exact) mass is 408 g/mol. The molecular weight excluding hydrogens is 388 g/mol. The van der Waals surface area contributed by atoms with E-state index in [9.17, 15) is 4.79 Å². The first-order valence-electron chi connectivity index (χ1n) is 8.97. The van der Waals surface area contributed by atoms with Gasteiger partial charge < -0.3 is 10.3 Å². The molecule has 0 bridgehead atoms. The van der Waals surface area contributed by atoms with E-state index in [1.54, 1.807) is 23.1 Å². The Morgan fingerprint density at radius 3 is 2.86 bits per heavy atom. The molecule has 0 saturated heterocycles. The van der Waals surface area contributed by atoms with Crippen molar-refractivity contribution in [3.8, 4) is 11.3 Å². The van der Waals surface area contributed by atoms with Gasteiger partial charge in [-0.25, -0.2) is 9.97 Å². The molecule has 1 atom stereocenters. The molecule has 0 saturated carbocycles. The van der Waals surface area contributed by atoms with E-state index in [0.717, 1.165) is 38.8 Å². The topological polar surface area (TPSA) is 70.7 Å². The number of aromatic nitrogens is 3. The van der Waals surface area contributed by atoms with Crippen molar-refractivity contribution in [2.45, 2.75) is 19.1 Å². The summed E-state index contributed by atoms with van der Waals surface area (Å²) in [4.78, 5) is 24.8. The molecule has 28 heavy (non-hydrogen) atoms. The van der Waals surface area contributed by atoms with Crippen molar-refractivity contribution >= 4 is 45.7 Å². The first-order chi connectivity index (χ1) is 13.6. The molecule has 2 aromatic carbocycles. The van der Waals surface area contributed by atoms with Crippen LogP contribution in [0.5, 0.6) is 0 Å². The Morgan fingerprint density at radius 2 is 2.07 bits per heavy atom. The summed E-state index contributed by atoms with van der Waals surface area (Å²) in [6.07, 6.45) is 0. The SMILES string of the molecule is Cc1nc(-c2cccc(NC(=O)CSC(C)c3nc4ccccc4[nH]3)c2)cs1. The molecule has 7 heteroatoms. The number of hydrogen-bond donors (Lipinski definition) is 2. The number of nitrogens with zero attached hydrogens (tertiary/aromatic N) is 2. The zero-order valence-electron chi connectivity index (χ0n) is 15.6. The highest BCUT2D eigenvalue weighted by Gasteiger charge is 2.14. The molecule has 142 valence electrons. The van der Waals surface area contributed by atoms with Crippen molar-refractivity contribution < 1.29 is 4.79 Å². The molecule has 4 rings (SSSR count). The molecular formula is C21H20N4OS2. The van der Waals surface area contributed by atoms with Gasteiger partial charge in [0.05, 0.1) is 32.7 Å². The van der Waals surface area contributed by atoms with Crippen molar-refractivity contribution in [3.63, 3.8) is 0 Å². The van der Waals surface area contributed by atoms with Crippen LogP contribution in [-0.4, -0.2) is 26.6 Å². The van der Waals surface area contributed by atoms with Crippen molar-refractivity contribution in [1.82, 2.24) is 15.0 Å². The molecule has 0 fully saturated rings. The average Bonchev–Trinajstić information content (AvgIpc) is 3.32. The number of thioether (sulfide) groups is 1. The van der Waals surface area contributed by atoms with Gasteiger partial charge in [-0.05, 0) is 38.1 Å². The van der Waals surface area contributed by atoms with Gasteiger partial charge in [-0.15, -0.1) is 23.1 Å². The molecule has 4 aromatic rings. The minimum Gasteiger partial charge on any atom is -0.341 e. The second-order valence-corrected chi connectivity index (χ2v) is 8.86. The predicted octanol–water partition coefficient (Wildman–Crippen LogP) is 5.43. The van der Waals surface area contributed by atoms with Crippen LogP contribution in [0.4, 0.5) is 5.69 Å². The number of aryl methyl sites for hydroxylation is 1. The number of aromatic amines is 1. The van der Waals surface area contributed by atoms with Gasteiger partial charge in [0.25, 0.3) is 0 Å². The number of anilines is 1. The summed E-state index contributed by atoms with van der Waals surface area (Å²) < 4.78 is 0. The van der Waals surface area contributed by atoms with E-state index in [0.29, 0.717) is 5.75 Å². The zero-order chi connectivity index (χ0) is 19.5. The second-order valence-electron chi connectivity index (χ2n) is 6.47. The number of H-pyrrole nitrogens is 1. The Hall–Kier alpha value is -2.64. The van der Waals surface area contributed by atoms with Crippen LogP contribution in [0.3, 0.4) is 0 Å². The summed E-state index contributed by atoms with van der Waals surface area (Å²) in [7, 11) is 0. The maximum atomic E-state index is 12.4. The number of carbonyl (C=O) groups is 1. The zero-order valence-corrected chi connectivity index (χ0v) is 17.2. The number of amides is 1. The van der Waals surface area contributed by atoms with Crippen molar-refractivity contribution in [3.05, 3.63) is 64.7 Å². The average molecular weight is 409 g/mol. The largest absolute Gasteiger partial charge is 0.341 e. The second kappa shape index (κ2) is 8.16. The van der Waals surface area contributed by atoms with Gasteiger partial charge in [0.2, 0.25) is 5.91 Å². The Kier molecular flexibility index (Phi) is 5.45. The van der Waals surface area contributed by atoms with Crippen LogP contribution in [0.2, 0.25) is 0 Å². The van der Waals surface area contributed by atoms with Crippen LogP contribution in [0, 0.1) is 6.92 Å². The molecule has 5 nitrogen and oxygen atoms in total. The van der Waals surface area contributed by atoms with E-state index in [4.69, 9.17) is 0 Å². The summed E-state index contributed by atoms with van der Waals surface area (Å²) in [5, 5.41) is 6.13. The first kappa shape index (κ1) is 18.7. The van der Waals surface area contributed by atoms with Gasteiger partial charge >= 0.3 is 0 Å². The molecule has 2 N–H and O–H groups in total. The number of thiazole rings is 1. The highest BCUT2D eigenvalue weighted by Crippen LogP contribution is 2.28. The number of benzene rings is 2. The summed E-state index contributed by atoms with van der Waals surface area (Å²) in [5.74, 6) is 1.22. The van der Waals surface area contributed by atoms with Crippen LogP contribution < -0.4 is 5.32 Å². The highest BCUT2D eigenvalue weighted by atomic mass is 32.2. The normalized spacial score (nSPS) is 12.2. The van der Waals surface area contributed by atoms with E-state index >= 15 is 0 Å². The Bertz CT molecular complexity index is 1090. The Morgan fingerprint density at radius 1 is 1.21 bits per heavy atom. The minimum atomic E-state index is -0.0282. The molecule has 2 aromatic heterocycles. The van der Waals surface area contributed by atoms with E-state index < -0.39 is 0 Å². The van der Waals surface area contributed by atoms with E-state index in [2.05, 4.69) is 27.2 Å². The van der Waals surface area contributed by atoms with Gasteiger partial charge in [0.15, 0.2) is 0 Å². The number of fused-ring (bicyclic) bond motifs is 1. The number of rotatable bonds is 6. The molecule has 2 heterocycles. The van der Waals surface area contributed by atoms with E-state index in [1.165, 1.54) is 0 Å². The molecule has 1 amide bonds. The Labute approximate surface area is 171 Å². The first-order valence-corrected chi connectivity index (χ1v) is 10.9. The maximum absolute atomic E-state index is 12.4. The third kappa shape index (κ3) is 4.26. The quantitative estimate of drug-likeness (QED) is 0.446. The Balaban J connectivity index is 1.36. The summed E-state index contributed by atoms with van der Waals surface area (Å²) in [6, 6.07) is 15.7. The van der Waals surface area contributed by atoms with Crippen molar-refractivity contribution in [2.24, 2.45) is 0 Å². The predicted molar refractivity (Wildman–Crippen MR) is 118 cm³/mol. The summed E-state index contributed by atoms with van der Waals surface area (Å²) in [5.41, 5.74) is 4.69. The van der Waals surface area contributed by atoms with Crippen LogP contribution in [0.15, 0.2) is 53.9 Å². The van der Waals surface area contributed by atoms with Gasteiger partial charge in [0, 0.05) is 16.6 Å². The van der Waals surface area contributed by atoms with Crippen molar-refractivity contribution in [2.75, 3.05) is 11.1 Å². The third-order valence-electron chi connectivity index (χ3n) is 4.32. The molecule has 0 aliphatic carbocycles. The molecule has 0 aliphatic heterocycles. The number of imidazole rings is 1. The van der Waals surface area contributed by atoms with Crippen LogP contribution in [0.25, 0.3) is 22.3 Å². The summed E-state index contributed by atoms with van der Waals surface area (Å²) >= 11 is 3.18. The standard InChI is InChI=1S/C21H20N4OS2/c1-13(21-24-17-8-3-4-9-18(17)25-21)27-12-20(26)23-16-7-5-6-15(10-16)19-11-28-14(2)22-19/h3-11,13H,12H2,1-2H3,(H,23,26)(H,24,25). The molecule has 0 radical (unpaired) electrons. The van der Waals surface area contributed by atoms with Crippen LogP contribution in [0.1, 0.15) is 23.0 Å². The number of carbonyl (C=O) groups excluding carboxylic acids is 1. The lowest BCUT2D eigenvalue weighted by Crippen LogP contribution is -2.14. The molecule has 0 spiro atoms. The van der Waals surface area contributed by atoms with Crippen molar-refractivity contribution in [1.29, 1.82) is 0 Å². The highest BCUT2D eigenvalue weighted by molar-refractivity contribution is 8.00. The van der Waals surface area contributed by atoms with Crippen LogP contribution in [-0.2, 0) is 4.79 Å². The smallest absolute Gasteiger partial charge is 0.234 e. The fraction of sp³-hybridized carbons (Fsp3) is 0.190. The van der Waals surface area contributed by atoms with Gasteiger partial charge in [0.1, 0.15) is 5.82 Å². The lowest BCUT2D eigenvalue weighted by molar-refractivity contribution is -0.113. The van der Waals surface area contributed by atoms with E-state index in [1.807, 2.05) is 60.8 Å². The number of hydrogen-bond acceptors (Lipinski definition) is 5. The van der Waals surface area contributed by atoms with E-state index in [-0.39, 0.29) is 11.2 Å². The third-order valence-corrected chi connectivity index (χ3v) is 6.24. The van der Waals surface area contributed by atoms with Gasteiger partial charge in [-0.3, -0.25) is 4.79 Å². The maximum Gasteiger partial charge on any atom is 0.234 e. The lowest BCUT2D eigenvalue weighted by Gasteiger charge is -2.09.